The van der Waals surface area contributed by atoms with E-state index in [4.69, 9.17) is 4.74 Å². The second kappa shape index (κ2) is 7.07. The van der Waals surface area contributed by atoms with Gasteiger partial charge in [0.1, 0.15) is 0 Å². The predicted molar refractivity (Wildman–Crippen MR) is 69.2 cm³/mol. The number of carbonyl (C=O) groups excluding carboxylic acids is 1. The molecule has 1 aromatic rings. The van der Waals surface area contributed by atoms with Crippen molar-refractivity contribution in [3.8, 4) is 0 Å². The first kappa shape index (κ1) is 13.7. The van der Waals surface area contributed by atoms with E-state index in [1.54, 1.807) is 4.90 Å². The lowest BCUT2D eigenvalue weighted by atomic mass is 10.1. The van der Waals surface area contributed by atoms with Gasteiger partial charge in [-0.1, -0.05) is 17.7 Å². The van der Waals surface area contributed by atoms with Crippen molar-refractivity contribution < 1.29 is 9.53 Å². The molecule has 0 spiro atoms. The lowest BCUT2D eigenvalue weighted by molar-refractivity contribution is 0.0769. The molecule has 0 aliphatic carbocycles. The second-order valence-corrected chi connectivity index (χ2v) is 4.15. The maximum atomic E-state index is 12.0. The van der Waals surface area contributed by atoms with E-state index in [-0.39, 0.29) is 5.91 Å². The number of carbonyl (C=O) groups is 1. The van der Waals surface area contributed by atoms with Crippen LogP contribution < -0.4 is 0 Å². The van der Waals surface area contributed by atoms with Crippen molar-refractivity contribution >= 4 is 5.91 Å². The molecular weight excluding hydrogens is 214 g/mol. The summed E-state index contributed by atoms with van der Waals surface area (Å²) in [4.78, 5) is 13.8. The molecule has 0 aliphatic heterocycles. The third kappa shape index (κ3) is 4.57. The predicted octanol–water partition coefficient (Wildman–Crippen LogP) is 2.49. The molecule has 3 nitrogen and oxygen atoms in total. The molecule has 1 rings (SSSR count). The van der Waals surface area contributed by atoms with Gasteiger partial charge in [-0.2, -0.15) is 0 Å². The van der Waals surface area contributed by atoms with Crippen molar-refractivity contribution in [1.29, 1.82) is 0 Å². The van der Waals surface area contributed by atoms with Crippen LogP contribution in [-0.4, -0.2) is 37.6 Å². The Labute approximate surface area is 103 Å². The van der Waals surface area contributed by atoms with E-state index in [1.807, 2.05) is 45.2 Å². The van der Waals surface area contributed by atoms with Crippen molar-refractivity contribution in [3.63, 3.8) is 0 Å². The Kier molecular flexibility index (Phi) is 5.70. The normalized spacial score (nSPS) is 10.3. The highest BCUT2D eigenvalue weighted by atomic mass is 16.5. The van der Waals surface area contributed by atoms with Crippen LogP contribution in [0, 0.1) is 6.92 Å². The Bertz CT molecular complexity index is 363. The van der Waals surface area contributed by atoms with Crippen LogP contribution >= 0.6 is 0 Å². The van der Waals surface area contributed by atoms with Gasteiger partial charge in [-0.25, -0.2) is 0 Å². The van der Waals surface area contributed by atoms with Crippen LogP contribution in [0.5, 0.6) is 0 Å². The van der Waals surface area contributed by atoms with Gasteiger partial charge in [0, 0.05) is 32.4 Å². The summed E-state index contributed by atoms with van der Waals surface area (Å²) >= 11 is 0. The first-order valence-corrected chi connectivity index (χ1v) is 6.05. The number of rotatable bonds is 6. The molecule has 0 heterocycles. The minimum atomic E-state index is 0.0743. The molecule has 0 aromatic heterocycles. The Balaban J connectivity index is 2.46. The quantitative estimate of drug-likeness (QED) is 0.709. The molecule has 1 aromatic carbocycles. The molecule has 3 heteroatoms. The van der Waals surface area contributed by atoms with Crippen LogP contribution in [0.2, 0.25) is 0 Å². The molecule has 0 radical (unpaired) electrons. The lowest BCUT2D eigenvalue weighted by Crippen LogP contribution is -2.28. The molecule has 94 valence electrons. The first-order valence-electron chi connectivity index (χ1n) is 6.05. The van der Waals surface area contributed by atoms with E-state index in [2.05, 4.69) is 0 Å². The topological polar surface area (TPSA) is 29.5 Å². The standard InChI is InChI=1S/C14H21NO2/c1-4-17-10-6-9-15(3)14(16)13-8-5-7-12(2)11-13/h5,7-8,11H,4,6,9-10H2,1-3H3. The van der Waals surface area contributed by atoms with Crippen LogP contribution in [0.3, 0.4) is 0 Å². The molecule has 1 amide bonds. The van der Waals surface area contributed by atoms with Gasteiger partial charge < -0.3 is 9.64 Å². The number of hydrogen-bond acceptors (Lipinski definition) is 2. The fourth-order valence-electron chi connectivity index (χ4n) is 1.65. The summed E-state index contributed by atoms with van der Waals surface area (Å²) in [6.45, 7) is 6.14. The third-order valence-electron chi connectivity index (χ3n) is 2.60. The Morgan fingerprint density at radius 1 is 1.41 bits per heavy atom. The van der Waals surface area contributed by atoms with Crippen LogP contribution in [0.25, 0.3) is 0 Å². The van der Waals surface area contributed by atoms with Crippen LogP contribution in [0.15, 0.2) is 24.3 Å². The summed E-state index contributed by atoms with van der Waals surface area (Å²) in [5, 5.41) is 0. The summed E-state index contributed by atoms with van der Waals surface area (Å²) in [5.74, 6) is 0.0743. The fraction of sp³-hybridized carbons (Fsp3) is 0.500. The van der Waals surface area contributed by atoms with E-state index in [0.717, 1.165) is 30.7 Å². The number of aryl methyl sites for hydroxylation is 1. The largest absolute Gasteiger partial charge is 0.382 e. The molecule has 0 N–H and O–H groups in total. The average molecular weight is 235 g/mol. The number of benzene rings is 1. The second-order valence-electron chi connectivity index (χ2n) is 4.15. The van der Waals surface area contributed by atoms with Crippen LogP contribution in [-0.2, 0) is 4.74 Å². The van der Waals surface area contributed by atoms with Crippen LogP contribution in [0.1, 0.15) is 29.3 Å². The van der Waals surface area contributed by atoms with Crippen molar-refractivity contribution in [2.75, 3.05) is 26.8 Å². The zero-order chi connectivity index (χ0) is 12.7. The minimum absolute atomic E-state index is 0.0743. The highest BCUT2D eigenvalue weighted by molar-refractivity contribution is 5.94. The third-order valence-corrected chi connectivity index (χ3v) is 2.60. The molecular formula is C14H21NO2. The highest BCUT2D eigenvalue weighted by Gasteiger charge is 2.10. The van der Waals surface area contributed by atoms with Gasteiger partial charge in [-0.3, -0.25) is 4.79 Å². The van der Waals surface area contributed by atoms with E-state index >= 15 is 0 Å². The smallest absolute Gasteiger partial charge is 0.253 e. The zero-order valence-corrected chi connectivity index (χ0v) is 10.9. The Morgan fingerprint density at radius 3 is 2.82 bits per heavy atom. The Hall–Kier alpha value is -1.35. The Morgan fingerprint density at radius 2 is 2.18 bits per heavy atom. The fourth-order valence-corrected chi connectivity index (χ4v) is 1.65. The summed E-state index contributed by atoms with van der Waals surface area (Å²) in [6.07, 6.45) is 0.877. The number of amides is 1. The summed E-state index contributed by atoms with van der Waals surface area (Å²) in [5.41, 5.74) is 1.86. The monoisotopic (exact) mass is 235 g/mol. The van der Waals surface area contributed by atoms with E-state index in [0.29, 0.717) is 6.61 Å². The summed E-state index contributed by atoms with van der Waals surface area (Å²) in [7, 11) is 1.83. The van der Waals surface area contributed by atoms with Gasteiger partial charge in [-0.05, 0) is 32.4 Å². The number of nitrogens with zero attached hydrogens (tertiary/aromatic N) is 1. The van der Waals surface area contributed by atoms with E-state index in [9.17, 15) is 4.79 Å². The van der Waals surface area contributed by atoms with Gasteiger partial charge in [0.2, 0.25) is 0 Å². The van der Waals surface area contributed by atoms with Crippen LogP contribution in [0.4, 0.5) is 0 Å². The van der Waals surface area contributed by atoms with Crippen molar-refractivity contribution in [2.45, 2.75) is 20.3 Å². The average Bonchev–Trinajstić information content (AvgIpc) is 2.33. The number of ether oxygens (including phenoxy) is 1. The van der Waals surface area contributed by atoms with E-state index in [1.165, 1.54) is 0 Å². The minimum Gasteiger partial charge on any atom is -0.382 e. The molecule has 0 fully saturated rings. The van der Waals surface area contributed by atoms with Gasteiger partial charge in [0.15, 0.2) is 0 Å². The van der Waals surface area contributed by atoms with Crippen molar-refractivity contribution in [3.05, 3.63) is 35.4 Å². The zero-order valence-electron chi connectivity index (χ0n) is 10.9. The molecule has 0 unspecified atom stereocenters. The first-order chi connectivity index (χ1) is 8.15. The van der Waals surface area contributed by atoms with Crippen molar-refractivity contribution in [1.82, 2.24) is 4.90 Å². The van der Waals surface area contributed by atoms with Crippen molar-refractivity contribution in [2.24, 2.45) is 0 Å². The molecule has 0 atom stereocenters. The maximum absolute atomic E-state index is 12.0. The summed E-state index contributed by atoms with van der Waals surface area (Å²) < 4.78 is 5.25. The molecule has 0 saturated heterocycles. The SMILES string of the molecule is CCOCCCN(C)C(=O)c1cccc(C)c1. The van der Waals surface area contributed by atoms with E-state index < -0.39 is 0 Å². The molecule has 0 saturated carbocycles. The maximum Gasteiger partial charge on any atom is 0.253 e. The van der Waals surface area contributed by atoms with Gasteiger partial charge in [0.05, 0.1) is 0 Å². The molecule has 0 aliphatic rings. The van der Waals surface area contributed by atoms with Gasteiger partial charge >= 0.3 is 0 Å². The van der Waals surface area contributed by atoms with Gasteiger partial charge in [-0.15, -0.1) is 0 Å². The highest BCUT2D eigenvalue weighted by Crippen LogP contribution is 2.07. The summed E-state index contributed by atoms with van der Waals surface area (Å²) in [6, 6.07) is 7.68. The number of hydrogen-bond donors (Lipinski definition) is 0. The molecule has 0 bridgehead atoms. The molecule has 17 heavy (non-hydrogen) atoms. The van der Waals surface area contributed by atoms with Gasteiger partial charge in [0.25, 0.3) is 5.91 Å². The lowest BCUT2D eigenvalue weighted by Gasteiger charge is -2.17.